The van der Waals surface area contributed by atoms with E-state index in [2.05, 4.69) is 17.1 Å². The molecule has 0 fully saturated rings. The van der Waals surface area contributed by atoms with Crippen LogP contribution in [0.25, 0.3) is 0 Å². The predicted octanol–water partition coefficient (Wildman–Crippen LogP) is 0.631. The highest BCUT2D eigenvalue weighted by atomic mass is 16.4. The van der Waals surface area contributed by atoms with Gasteiger partial charge >= 0.3 is 5.97 Å². The van der Waals surface area contributed by atoms with Gasteiger partial charge in [0.15, 0.2) is 0 Å². The van der Waals surface area contributed by atoms with Crippen molar-refractivity contribution in [3.63, 3.8) is 0 Å². The summed E-state index contributed by atoms with van der Waals surface area (Å²) in [5.74, 6) is -0.845. The maximum absolute atomic E-state index is 11.8. The van der Waals surface area contributed by atoms with Gasteiger partial charge in [0.25, 0.3) is 0 Å². The van der Waals surface area contributed by atoms with Gasteiger partial charge in [-0.1, -0.05) is 13.3 Å². The summed E-state index contributed by atoms with van der Waals surface area (Å²) in [7, 11) is 4.00. The minimum atomic E-state index is -0.825. The molecule has 0 rings (SSSR count). The predicted molar refractivity (Wildman–Crippen MR) is 79.8 cm³/mol. The van der Waals surface area contributed by atoms with Gasteiger partial charge in [0.05, 0.1) is 13.0 Å². The van der Waals surface area contributed by atoms with Crippen molar-refractivity contribution < 1.29 is 14.7 Å². The van der Waals surface area contributed by atoms with E-state index in [1.165, 1.54) is 0 Å². The Bertz CT molecular complexity index is 283. The molecule has 0 aliphatic rings. The molecule has 0 bridgehead atoms. The zero-order valence-electron chi connectivity index (χ0n) is 13.0. The van der Waals surface area contributed by atoms with Crippen LogP contribution in [0.15, 0.2) is 0 Å². The lowest BCUT2D eigenvalue weighted by Gasteiger charge is -2.22. The van der Waals surface area contributed by atoms with E-state index in [0.717, 1.165) is 32.4 Å². The van der Waals surface area contributed by atoms with Crippen LogP contribution in [-0.4, -0.2) is 73.6 Å². The normalized spacial score (nSPS) is 11.1. The summed E-state index contributed by atoms with van der Waals surface area (Å²) in [5.41, 5.74) is 0. The number of carboxylic acid groups (broad SMARTS) is 1. The number of hydrogen-bond donors (Lipinski definition) is 2. The smallest absolute Gasteiger partial charge is 0.304 e. The van der Waals surface area contributed by atoms with E-state index in [4.69, 9.17) is 5.11 Å². The van der Waals surface area contributed by atoms with Gasteiger partial charge < -0.3 is 15.3 Å². The van der Waals surface area contributed by atoms with Crippen LogP contribution in [0, 0.1) is 0 Å². The molecule has 0 heterocycles. The van der Waals surface area contributed by atoms with Crippen molar-refractivity contribution in [1.29, 1.82) is 0 Å². The van der Waals surface area contributed by atoms with Crippen molar-refractivity contribution in [2.75, 3.05) is 46.8 Å². The summed E-state index contributed by atoms with van der Waals surface area (Å²) < 4.78 is 0. The van der Waals surface area contributed by atoms with Crippen LogP contribution in [0.5, 0.6) is 0 Å². The Hall–Kier alpha value is -1.14. The number of aliphatic carboxylic acids is 1. The highest BCUT2D eigenvalue weighted by Crippen LogP contribution is 1.96. The van der Waals surface area contributed by atoms with Gasteiger partial charge in [-0.05, 0) is 40.0 Å². The first kappa shape index (κ1) is 18.9. The van der Waals surface area contributed by atoms with Gasteiger partial charge in [-0.25, -0.2) is 0 Å². The largest absolute Gasteiger partial charge is 0.481 e. The third-order valence-electron chi connectivity index (χ3n) is 2.94. The summed E-state index contributed by atoms with van der Waals surface area (Å²) in [6, 6.07) is 0. The van der Waals surface area contributed by atoms with Crippen LogP contribution in [0.2, 0.25) is 0 Å². The van der Waals surface area contributed by atoms with Crippen LogP contribution >= 0.6 is 0 Å². The number of nitrogens with zero attached hydrogens (tertiary/aromatic N) is 2. The molecule has 6 nitrogen and oxygen atoms in total. The molecule has 20 heavy (non-hydrogen) atoms. The van der Waals surface area contributed by atoms with Crippen molar-refractivity contribution in [3.05, 3.63) is 0 Å². The number of nitrogens with one attached hydrogen (secondary N) is 1. The molecule has 0 aromatic heterocycles. The fraction of sp³-hybridized carbons (Fsp3) is 0.857. The molecular weight excluding hydrogens is 258 g/mol. The van der Waals surface area contributed by atoms with Crippen molar-refractivity contribution >= 4 is 11.9 Å². The van der Waals surface area contributed by atoms with E-state index in [1.54, 1.807) is 0 Å². The van der Waals surface area contributed by atoms with E-state index >= 15 is 0 Å². The third kappa shape index (κ3) is 11.9. The number of hydrogen-bond acceptors (Lipinski definition) is 4. The maximum Gasteiger partial charge on any atom is 0.304 e. The number of carbonyl (C=O) groups is 2. The first-order chi connectivity index (χ1) is 9.45. The zero-order chi connectivity index (χ0) is 15.4. The minimum Gasteiger partial charge on any atom is -0.481 e. The molecule has 0 aliphatic heterocycles. The second-order valence-corrected chi connectivity index (χ2v) is 5.28. The molecule has 0 aromatic carbocycles. The second kappa shape index (κ2) is 11.7. The van der Waals surface area contributed by atoms with E-state index in [1.807, 2.05) is 19.0 Å². The van der Waals surface area contributed by atoms with Crippen LogP contribution < -0.4 is 5.32 Å². The number of carboxylic acids is 1. The van der Waals surface area contributed by atoms with Gasteiger partial charge in [-0.15, -0.1) is 0 Å². The van der Waals surface area contributed by atoms with E-state index < -0.39 is 5.97 Å². The average molecular weight is 287 g/mol. The summed E-state index contributed by atoms with van der Waals surface area (Å²) in [5, 5.41) is 11.6. The van der Waals surface area contributed by atoms with Gasteiger partial charge in [-0.3, -0.25) is 14.5 Å². The first-order valence-electron chi connectivity index (χ1n) is 7.31. The van der Waals surface area contributed by atoms with Crippen LogP contribution in [0.1, 0.15) is 32.6 Å². The molecule has 0 atom stereocenters. The number of rotatable bonds is 12. The minimum absolute atomic E-state index is 0.0197. The molecule has 0 unspecified atom stereocenters. The van der Waals surface area contributed by atoms with Crippen molar-refractivity contribution in [2.45, 2.75) is 32.6 Å². The quantitative estimate of drug-likeness (QED) is 0.515. The second-order valence-electron chi connectivity index (χ2n) is 5.28. The van der Waals surface area contributed by atoms with Crippen LogP contribution in [0.4, 0.5) is 0 Å². The Morgan fingerprint density at radius 1 is 1.10 bits per heavy atom. The lowest BCUT2D eigenvalue weighted by molar-refractivity contribution is -0.137. The zero-order valence-corrected chi connectivity index (χ0v) is 13.0. The number of amides is 1. The molecule has 2 N–H and O–H groups in total. The molecule has 0 saturated heterocycles. The van der Waals surface area contributed by atoms with Crippen molar-refractivity contribution in [3.8, 4) is 0 Å². The molecule has 1 amide bonds. The van der Waals surface area contributed by atoms with Gasteiger partial charge in [-0.2, -0.15) is 0 Å². The van der Waals surface area contributed by atoms with Crippen LogP contribution in [-0.2, 0) is 9.59 Å². The summed E-state index contributed by atoms with van der Waals surface area (Å²) >= 11 is 0. The fourth-order valence-electron chi connectivity index (χ4n) is 1.80. The summed E-state index contributed by atoms with van der Waals surface area (Å²) in [6.07, 6.45) is 3.02. The topological polar surface area (TPSA) is 72.9 Å². The fourth-order valence-corrected chi connectivity index (χ4v) is 1.80. The Morgan fingerprint density at radius 2 is 1.80 bits per heavy atom. The average Bonchev–Trinajstić information content (AvgIpc) is 2.35. The summed E-state index contributed by atoms with van der Waals surface area (Å²) in [6.45, 7) is 5.15. The Kier molecular flexibility index (Phi) is 11.0. The molecule has 0 spiro atoms. The number of carbonyl (C=O) groups excluding carboxylic acids is 1. The Labute approximate surface area is 122 Å². The Balaban J connectivity index is 4.07. The summed E-state index contributed by atoms with van der Waals surface area (Å²) in [4.78, 5) is 26.4. The van der Waals surface area contributed by atoms with E-state index in [0.29, 0.717) is 13.1 Å². The molecule has 0 saturated carbocycles. The van der Waals surface area contributed by atoms with Crippen LogP contribution in [0.3, 0.4) is 0 Å². The molecule has 118 valence electrons. The highest BCUT2D eigenvalue weighted by molar-refractivity contribution is 5.78. The van der Waals surface area contributed by atoms with E-state index in [9.17, 15) is 9.59 Å². The maximum atomic E-state index is 11.8. The van der Waals surface area contributed by atoms with Gasteiger partial charge in [0.1, 0.15) is 0 Å². The van der Waals surface area contributed by atoms with E-state index in [-0.39, 0.29) is 18.9 Å². The molecule has 0 aromatic rings. The Morgan fingerprint density at radius 3 is 2.35 bits per heavy atom. The SMILES string of the molecule is CCCCNC(=O)CN(CCCN(C)C)CCC(=O)O. The monoisotopic (exact) mass is 287 g/mol. The van der Waals surface area contributed by atoms with Gasteiger partial charge in [0, 0.05) is 13.1 Å². The molecule has 6 heteroatoms. The van der Waals surface area contributed by atoms with Crippen molar-refractivity contribution in [1.82, 2.24) is 15.1 Å². The highest BCUT2D eigenvalue weighted by Gasteiger charge is 2.11. The molecule has 0 radical (unpaired) electrons. The lowest BCUT2D eigenvalue weighted by Crippen LogP contribution is -2.39. The first-order valence-corrected chi connectivity index (χ1v) is 7.31. The third-order valence-corrected chi connectivity index (χ3v) is 2.94. The molecule has 0 aliphatic carbocycles. The van der Waals surface area contributed by atoms with Crippen molar-refractivity contribution in [2.24, 2.45) is 0 Å². The number of unbranched alkanes of at least 4 members (excludes halogenated alkanes) is 1. The molecular formula is C14H29N3O3. The van der Waals surface area contributed by atoms with Gasteiger partial charge in [0.2, 0.25) is 5.91 Å². The standard InChI is InChI=1S/C14H29N3O3/c1-4-5-8-15-13(18)12-17(11-7-14(19)20)10-6-9-16(2)3/h4-12H2,1-3H3,(H,15,18)(H,19,20). The lowest BCUT2D eigenvalue weighted by atomic mass is 10.3.